The Balaban J connectivity index is 1.50. The quantitative estimate of drug-likeness (QED) is 0.764. The Hall–Kier alpha value is -0.610. The Kier molecular flexibility index (Phi) is 2.67. The fourth-order valence-electron chi connectivity index (χ4n) is 3.59. The van der Waals surface area contributed by atoms with Crippen molar-refractivity contribution in [2.75, 3.05) is 7.11 Å². The van der Waals surface area contributed by atoms with Crippen LogP contribution in [0.5, 0.6) is 0 Å². The standard InChI is InChI=1S/C13H22N2O2/c1-17-9-5-8(6-9)12(16)15-11-7-10(14)13(11)3-2-4-13/h8-11H,2-7,14H2,1H3,(H,15,16). The lowest BCUT2D eigenvalue weighted by molar-refractivity contribution is -0.138. The van der Waals surface area contributed by atoms with Gasteiger partial charge in [-0.15, -0.1) is 0 Å². The lowest BCUT2D eigenvalue weighted by Gasteiger charge is -2.60. The molecule has 0 aromatic heterocycles. The zero-order chi connectivity index (χ0) is 12.0. The van der Waals surface area contributed by atoms with E-state index in [4.69, 9.17) is 10.5 Å². The second-order valence-corrected chi connectivity index (χ2v) is 6.02. The molecule has 3 N–H and O–H groups in total. The van der Waals surface area contributed by atoms with E-state index in [9.17, 15) is 4.79 Å². The number of carbonyl (C=O) groups excluding carboxylic acids is 1. The second kappa shape index (κ2) is 3.95. The first-order valence-electron chi connectivity index (χ1n) is 6.74. The van der Waals surface area contributed by atoms with Gasteiger partial charge in [-0.05, 0) is 32.1 Å². The second-order valence-electron chi connectivity index (χ2n) is 6.02. The highest BCUT2D eigenvalue weighted by Crippen LogP contribution is 2.55. The van der Waals surface area contributed by atoms with Crippen LogP contribution in [0.2, 0.25) is 0 Å². The third-order valence-electron chi connectivity index (χ3n) is 5.32. The predicted octanol–water partition coefficient (Wildman–Crippen LogP) is 0.797. The number of hydrogen-bond donors (Lipinski definition) is 2. The van der Waals surface area contributed by atoms with Crippen molar-refractivity contribution in [2.45, 2.75) is 56.7 Å². The number of amides is 1. The highest BCUT2D eigenvalue weighted by molar-refractivity contribution is 5.80. The molecule has 1 spiro atoms. The molecule has 0 heterocycles. The number of nitrogens with one attached hydrogen (secondary N) is 1. The number of ether oxygens (including phenoxy) is 1. The number of hydrogen-bond acceptors (Lipinski definition) is 3. The summed E-state index contributed by atoms with van der Waals surface area (Å²) in [6.07, 6.45) is 6.70. The van der Waals surface area contributed by atoms with Crippen LogP contribution in [-0.4, -0.2) is 31.2 Å². The van der Waals surface area contributed by atoms with E-state index in [1.54, 1.807) is 7.11 Å². The number of carbonyl (C=O) groups is 1. The molecule has 17 heavy (non-hydrogen) atoms. The largest absolute Gasteiger partial charge is 0.381 e. The zero-order valence-electron chi connectivity index (χ0n) is 10.4. The summed E-state index contributed by atoms with van der Waals surface area (Å²) in [7, 11) is 1.72. The smallest absolute Gasteiger partial charge is 0.223 e. The van der Waals surface area contributed by atoms with E-state index in [0.29, 0.717) is 18.2 Å². The first-order chi connectivity index (χ1) is 8.15. The number of rotatable bonds is 3. The molecule has 3 fully saturated rings. The molecule has 0 aromatic rings. The van der Waals surface area contributed by atoms with E-state index in [2.05, 4.69) is 5.32 Å². The SMILES string of the molecule is COC1CC(C(=O)NC2CC(N)C23CCC3)C1. The molecule has 2 unspecified atom stereocenters. The van der Waals surface area contributed by atoms with E-state index >= 15 is 0 Å². The van der Waals surface area contributed by atoms with Gasteiger partial charge in [0.1, 0.15) is 0 Å². The van der Waals surface area contributed by atoms with Crippen molar-refractivity contribution >= 4 is 5.91 Å². The lowest BCUT2D eigenvalue weighted by atomic mass is 9.50. The first kappa shape index (κ1) is 11.5. The van der Waals surface area contributed by atoms with Gasteiger partial charge in [0.15, 0.2) is 0 Å². The van der Waals surface area contributed by atoms with Gasteiger partial charge in [0.05, 0.1) is 6.10 Å². The van der Waals surface area contributed by atoms with Crippen LogP contribution in [-0.2, 0) is 9.53 Å². The van der Waals surface area contributed by atoms with Gasteiger partial charge in [0.2, 0.25) is 5.91 Å². The topological polar surface area (TPSA) is 64.3 Å². The molecular formula is C13H22N2O2. The molecule has 3 rings (SSSR count). The van der Waals surface area contributed by atoms with Crippen LogP contribution in [0, 0.1) is 11.3 Å². The van der Waals surface area contributed by atoms with Crippen molar-refractivity contribution < 1.29 is 9.53 Å². The molecule has 0 saturated heterocycles. The molecule has 2 atom stereocenters. The van der Waals surface area contributed by atoms with Crippen molar-refractivity contribution in [3.8, 4) is 0 Å². The fourth-order valence-corrected chi connectivity index (χ4v) is 3.59. The Bertz CT molecular complexity index is 321. The molecule has 4 heteroatoms. The average molecular weight is 238 g/mol. The van der Waals surface area contributed by atoms with Gasteiger partial charge in [-0.3, -0.25) is 4.79 Å². The molecule has 1 amide bonds. The Morgan fingerprint density at radius 2 is 2.06 bits per heavy atom. The summed E-state index contributed by atoms with van der Waals surface area (Å²) in [5.74, 6) is 0.398. The molecule has 0 radical (unpaired) electrons. The zero-order valence-corrected chi connectivity index (χ0v) is 10.4. The van der Waals surface area contributed by atoms with Crippen molar-refractivity contribution in [1.82, 2.24) is 5.32 Å². The van der Waals surface area contributed by atoms with Gasteiger partial charge >= 0.3 is 0 Å². The third-order valence-corrected chi connectivity index (χ3v) is 5.32. The maximum Gasteiger partial charge on any atom is 0.223 e. The predicted molar refractivity (Wildman–Crippen MR) is 64.3 cm³/mol. The maximum atomic E-state index is 12.0. The third kappa shape index (κ3) is 1.61. The molecule has 3 aliphatic carbocycles. The Labute approximate surface area is 102 Å². The van der Waals surface area contributed by atoms with Crippen LogP contribution in [0.1, 0.15) is 38.5 Å². The van der Waals surface area contributed by atoms with Gasteiger partial charge in [0, 0.05) is 30.5 Å². The number of nitrogens with two attached hydrogens (primary N) is 1. The van der Waals surface area contributed by atoms with Crippen molar-refractivity contribution in [1.29, 1.82) is 0 Å². The van der Waals surface area contributed by atoms with E-state index in [0.717, 1.165) is 19.3 Å². The van der Waals surface area contributed by atoms with E-state index < -0.39 is 0 Å². The Morgan fingerprint density at radius 3 is 2.53 bits per heavy atom. The van der Waals surface area contributed by atoms with Crippen molar-refractivity contribution in [3.05, 3.63) is 0 Å². The minimum atomic E-state index is 0.175. The highest BCUT2D eigenvalue weighted by Gasteiger charge is 2.57. The van der Waals surface area contributed by atoms with Gasteiger partial charge in [-0.2, -0.15) is 0 Å². The normalized spacial score (nSPS) is 42.2. The Morgan fingerprint density at radius 1 is 1.35 bits per heavy atom. The van der Waals surface area contributed by atoms with Crippen LogP contribution in [0.15, 0.2) is 0 Å². The lowest BCUT2D eigenvalue weighted by Crippen LogP contribution is -2.70. The van der Waals surface area contributed by atoms with Gasteiger partial charge in [-0.1, -0.05) is 6.42 Å². The molecule has 0 aliphatic heterocycles. The highest BCUT2D eigenvalue weighted by atomic mass is 16.5. The molecular weight excluding hydrogens is 216 g/mol. The van der Waals surface area contributed by atoms with Crippen LogP contribution in [0.25, 0.3) is 0 Å². The molecule has 96 valence electrons. The molecule has 3 aliphatic rings. The number of methoxy groups -OCH3 is 1. The minimum Gasteiger partial charge on any atom is -0.381 e. The summed E-state index contributed by atoms with van der Waals surface area (Å²) < 4.78 is 5.20. The summed E-state index contributed by atoms with van der Waals surface area (Å²) in [6.45, 7) is 0. The van der Waals surface area contributed by atoms with Crippen molar-refractivity contribution in [2.24, 2.45) is 17.1 Å². The van der Waals surface area contributed by atoms with E-state index in [1.165, 1.54) is 19.3 Å². The van der Waals surface area contributed by atoms with Gasteiger partial charge < -0.3 is 15.8 Å². The average Bonchev–Trinajstić information content (AvgIpc) is 2.12. The molecule has 4 nitrogen and oxygen atoms in total. The van der Waals surface area contributed by atoms with Crippen LogP contribution in [0.3, 0.4) is 0 Å². The van der Waals surface area contributed by atoms with Gasteiger partial charge in [-0.25, -0.2) is 0 Å². The van der Waals surface area contributed by atoms with Crippen molar-refractivity contribution in [3.63, 3.8) is 0 Å². The summed E-state index contributed by atoms with van der Waals surface area (Å²) >= 11 is 0. The summed E-state index contributed by atoms with van der Waals surface area (Å²) in [4.78, 5) is 12.0. The molecule has 3 saturated carbocycles. The maximum absolute atomic E-state index is 12.0. The summed E-state index contributed by atoms with van der Waals surface area (Å²) in [5, 5.41) is 3.21. The molecule has 0 aromatic carbocycles. The summed E-state index contributed by atoms with van der Waals surface area (Å²) in [5.41, 5.74) is 6.34. The van der Waals surface area contributed by atoms with Crippen LogP contribution in [0.4, 0.5) is 0 Å². The van der Waals surface area contributed by atoms with Crippen LogP contribution < -0.4 is 11.1 Å². The van der Waals surface area contributed by atoms with Gasteiger partial charge in [0.25, 0.3) is 0 Å². The minimum absolute atomic E-state index is 0.175. The van der Waals surface area contributed by atoms with E-state index in [1.807, 2.05) is 0 Å². The first-order valence-corrected chi connectivity index (χ1v) is 6.74. The van der Waals surface area contributed by atoms with Crippen LogP contribution >= 0.6 is 0 Å². The monoisotopic (exact) mass is 238 g/mol. The summed E-state index contributed by atoms with van der Waals surface area (Å²) in [6, 6.07) is 0.662. The fraction of sp³-hybridized carbons (Fsp3) is 0.923. The molecule has 0 bridgehead atoms. The van der Waals surface area contributed by atoms with E-state index in [-0.39, 0.29) is 17.2 Å².